The third-order valence-corrected chi connectivity index (χ3v) is 3.35. The van der Waals surface area contributed by atoms with E-state index in [4.69, 9.17) is 21.4 Å². The zero-order valence-corrected chi connectivity index (χ0v) is 12.5. The minimum atomic E-state index is -1.24. The number of carbonyl (C=O) groups excluding carboxylic acids is 1. The summed E-state index contributed by atoms with van der Waals surface area (Å²) < 4.78 is 5.40. The van der Waals surface area contributed by atoms with E-state index in [1.807, 2.05) is 0 Å². The Balaban J connectivity index is 2.50. The van der Waals surface area contributed by atoms with Crippen molar-refractivity contribution in [2.75, 3.05) is 13.7 Å². The van der Waals surface area contributed by atoms with Crippen LogP contribution in [0.25, 0.3) is 0 Å². The van der Waals surface area contributed by atoms with Gasteiger partial charge in [0.1, 0.15) is 11.3 Å². The van der Waals surface area contributed by atoms with Gasteiger partial charge >= 0.3 is 5.97 Å². The summed E-state index contributed by atoms with van der Waals surface area (Å²) in [6, 6.07) is 6.86. The molecule has 1 aromatic rings. The molecule has 0 bridgehead atoms. The van der Waals surface area contributed by atoms with E-state index in [0.717, 1.165) is 0 Å². The first-order valence-electron chi connectivity index (χ1n) is 6.13. The van der Waals surface area contributed by atoms with Gasteiger partial charge in [0.2, 0.25) is 5.91 Å². The molecule has 5 nitrogen and oxygen atoms in total. The van der Waals surface area contributed by atoms with Crippen LogP contribution in [0, 0.1) is 0 Å². The molecule has 1 amide bonds. The summed E-state index contributed by atoms with van der Waals surface area (Å²) in [7, 11) is 1.47. The highest BCUT2D eigenvalue weighted by atomic mass is 35.5. The molecule has 0 aliphatic heterocycles. The summed E-state index contributed by atoms with van der Waals surface area (Å²) in [5, 5.41) is 9.61. The lowest BCUT2D eigenvalue weighted by atomic mass is 10.0. The molecule has 0 aromatic heterocycles. The summed E-state index contributed by atoms with van der Waals surface area (Å²) in [6.07, 6.45) is 0.0969. The first-order valence-corrected chi connectivity index (χ1v) is 6.51. The Kier molecular flexibility index (Phi) is 5.39. The molecule has 20 heavy (non-hydrogen) atoms. The number of hydrogen-bond donors (Lipinski definition) is 1. The monoisotopic (exact) mass is 299 g/mol. The van der Waals surface area contributed by atoms with Gasteiger partial charge in [0.15, 0.2) is 0 Å². The normalized spacial score (nSPS) is 11.0. The summed E-state index contributed by atoms with van der Waals surface area (Å²) in [4.78, 5) is 24.2. The van der Waals surface area contributed by atoms with E-state index in [9.17, 15) is 9.59 Å². The van der Waals surface area contributed by atoms with Crippen molar-refractivity contribution >= 4 is 23.5 Å². The molecule has 1 N–H and O–H groups in total. The Labute approximate surface area is 123 Å². The van der Waals surface area contributed by atoms with E-state index in [-0.39, 0.29) is 18.9 Å². The standard InChI is InChI=1S/C14H18ClNO4/c1-14(2,13(18)19)16(3)12(17)7-8-20-11-6-4-5-10(15)9-11/h4-6,9H,7-8H2,1-3H3,(H,18,19). The molecule has 110 valence electrons. The lowest BCUT2D eigenvalue weighted by Crippen LogP contribution is -2.51. The molecule has 0 atom stereocenters. The average molecular weight is 300 g/mol. The molecule has 0 heterocycles. The molecule has 0 spiro atoms. The van der Waals surface area contributed by atoms with Crippen LogP contribution in [-0.2, 0) is 9.59 Å². The highest BCUT2D eigenvalue weighted by Gasteiger charge is 2.34. The van der Waals surface area contributed by atoms with E-state index in [1.165, 1.54) is 25.8 Å². The fourth-order valence-corrected chi connectivity index (χ4v) is 1.62. The molecular weight excluding hydrogens is 282 g/mol. The van der Waals surface area contributed by atoms with Crippen LogP contribution in [0.15, 0.2) is 24.3 Å². The van der Waals surface area contributed by atoms with Gasteiger partial charge in [-0.15, -0.1) is 0 Å². The highest BCUT2D eigenvalue weighted by molar-refractivity contribution is 6.30. The van der Waals surface area contributed by atoms with Gasteiger partial charge in [-0.25, -0.2) is 4.79 Å². The second kappa shape index (κ2) is 6.61. The Hall–Kier alpha value is -1.75. The zero-order valence-electron chi connectivity index (χ0n) is 11.7. The van der Waals surface area contributed by atoms with Crippen LogP contribution >= 0.6 is 11.6 Å². The van der Waals surface area contributed by atoms with E-state index in [1.54, 1.807) is 24.3 Å². The Bertz CT molecular complexity index is 502. The topological polar surface area (TPSA) is 66.8 Å². The molecule has 0 aliphatic rings. The molecule has 0 saturated carbocycles. The van der Waals surface area contributed by atoms with Gasteiger partial charge in [0, 0.05) is 12.1 Å². The van der Waals surface area contributed by atoms with Crippen LogP contribution in [0.1, 0.15) is 20.3 Å². The summed E-state index contributed by atoms with van der Waals surface area (Å²) in [6.45, 7) is 3.12. The average Bonchev–Trinajstić information content (AvgIpc) is 2.37. The van der Waals surface area contributed by atoms with Crippen LogP contribution in [-0.4, -0.2) is 41.1 Å². The van der Waals surface area contributed by atoms with Gasteiger partial charge in [0.25, 0.3) is 0 Å². The van der Waals surface area contributed by atoms with Gasteiger partial charge in [-0.05, 0) is 32.0 Å². The predicted octanol–water partition coefficient (Wildman–Crippen LogP) is 2.43. The Morgan fingerprint density at radius 2 is 2.05 bits per heavy atom. The minimum absolute atomic E-state index is 0.0969. The van der Waals surface area contributed by atoms with Crippen LogP contribution in [0.2, 0.25) is 5.02 Å². The molecule has 0 fully saturated rings. The minimum Gasteiger partial charge on any atom is -0.493 e. The lowest BCUT2D eigenvalue weighted by molar-refractivity contribution is -0.155. The van der Waals surface area contributed by atoms with Crippen molar-refractivity contribution in [1.82, 2.24) is 4.90 Å². The van der Waals surface area contributed by atoms with Crippen molar-refractivity contribution in [3.05, 3.63) is 29.3 Å². The molecule has 0 saturated heterocycles. The lowest BCUT2D eigenvalue weighted by Gasteiger charge is -2.31. The summed E-state index contributed by atoms with van der Waals surface area (Å²) >= 11 is 5.81. The number of likely N-dealkylation sites (N-methyl/N-ethyl adjacent to an activating group) is 1. The van der Waals surface area contributed by atoms with Crippen LogP contribution < -0.4 is 4.74 Å². The molecule has 1 aromatic carbocycles. The van der Waals surface area contributed by atoms with Crippen molar-refractivity contribution in [3.63, 3.8) is 0 Å². The number of rotatable bonds is 6. The van der Waals surface area contributed by atoms with E-state index < -0.39 is 11.5 Å². The maximum absolute atomic E-state index is 11.9. The zero-order chi connectivity index (χ0) is 15.3. The Morgan fingerprint density at radius 1 is 1.40 bits per heavy atom. The highest BCUT2D eigenvalue weighted by Crippen LogP contribution is 2.18. The number of carboxylic acid groups (broad SMARTS) is 1. The third-order valence-electron chi connectivity index (χ3n) is 3.12. The van der Waals surface area contributed by atoms with Gasteiger partial charge in [-0.3, -0.25) is 4.79 Å². The second-order valence-electron chi connectivity index (χ2n) is 4.87. The van der Waals surface area contributed by atoms with Gasteiger partial charge in [-0.1, -0.05) is 17.7 Å². The number of ether oxygens (including phenoxy) is 1. The predicted molar refractivity (Wildman–Crippen MR) is 76.0 cm³/mol. The van der Waals surface area contributed by atoms with Crippen molar-refractivity contribution < 1.29 is 19.4 Å². The number of benzene rings is 1. The molecule has 0 aliphatic carbocycles. The summed E-state index contributed by atoms with van der Waals surface area (Å²) in [5.41, 5.74) is -1.24. The van der Waals surface area contributed by atoms with E-state index >= 15 is 0 Å². The van der Waals surface area contributed by atoms with Crippen molar-refractivity contribution in [1.29, 1.82) is 0 Å². The SMILES string of the molecule is CN(C(=O)CCOc1cccc(Cl)c1)C(C)(C)C(=O)O. The molecule has 0 radical (unpaired) electrons. The molecule has 0 unspecified atom stereocenters. The first-order chi connectivity index (χ1) is 9.25. The number of carbonyl (C=O) groups is 2. The van der Waals surface area contributed by atoms with Gasteiger partial charge < -0.3 is 14.7 Å². The number of amides is 1. The largest absolute Gasteiger partial charge is 0.493 e. The van der Waals surface area contributed by atoms with Crippen molar-refractivity contribution in [3.8, 4) is 5.75 Å². The summed E-state index contributed by atoms with van der Waals surface area (Å²) in [5.74, 6) is -0.769. The quantitative estimate of drug-likeness (QED) is 0.876. The second-order valence-corrected chi connectivity index (χ2v) is 5.31. The molecular formula is C14H18ClNO4. The smallest absolute Gasteiger partial charge is 0.329 e. The van der Waals surface area contributed by atoms with Crippen molar-refractivity contribution in [2.24, 2.45) is 0 Å². The van der Waals surface area contributed by atoms with Gasteiger partial charge in [0.05, 0.1) is 13.0 Å². The Morgan fingerprint density at radius 3 is 2.60 bits per heavy atom. The number of carboxylic acids is 1. The van der Waals surface area contributed by atoms with Crippen LogP contribution in [0.5, 0.6) is 5.75 Å². The van der Waals surface area contributed by atoms with Crippen molar-refractivity contribution in [2.45, 2.75) is 25.8 Å². The van der Waals surface area contributed by atoms with Gasteiger partial charge in [-0.2, -0.15) is 0 Å². The molecule has 1 rings (SSSR count). The fourth-order valence-electron chi connectivity index (χ4n) is 1.44. The maximum atomic E-state index is 11.9. The van der Waals surface area contributed by atoms with Crippen LogP contribution in [0.3, 0.4) is 0 Å². The number of hydrogen-bond acceptors (Lipinski definition) is 3. The molecule has 6 heteroatoms. The van der Waals surface area contributed by atoms with E-state index in [2.05, 4.69) is 0 Å². The maximum Gasteiger partial charge on any atom is 0.329 e. The number of halogens is 1. The van der Waals surface area contributed by atoms with E-state index in [0.29, 0.717) is 10.8 Å². The van der Waals surface area contributed by atoms with Crippen LogP contribution in [0.4, 0.5) is 0 Å². The third kappa shape index (κ3) is 4.13. The fraction of sp³-hybridized carbons (Fsp3) is 0.429. The first kappa shape index (κ1) is 16.3. The number of nitrogens with zero attached hydrogens (tertiary/aromatic N) is 1. The number of aliphatic carboxylic acids is 1.